The fraction of sp³-hybridized carbons (Fsp3) is 0.533. The third-order valence-electron chi connectivity index (χ3n) is 3.39. The third-order valence-corrected chi connectivity index (χ3v) is 4.17. The topological polar surface area (TPSA) is 38.3 Å². The van der Waals surface area contributed by atoms with Crippen molar-refractivity contribution in [3.8, 4) is 0 Å². The van der Waals surface area contributed by atoms with Gasteiger partial charge in [-0.2, -0.15) is 0 Å². The van der Waals surface area contributed by atoms with Gasteiger partial charge in [0.25, 0.3) is 0 Å². The van der Waals surface area contributed by atoms with Crippen molar-refractivity contribution in [2.75, 3.05) is 18.5 Å². The Hall–Kier alpha value is -0.870. The molecule has 1 heterocycles. The molecule has 3 nitrogen and oxygen atoms in total. The first kappa shape index (κ1) is 14.5. The van der Waals surface area contributed by atoms with Crippen LogP contribution in [0.15, 0.2) is 30.3 Å². The Balaban J connectivity index is 1.86. The molecule has 0 saturated carbocycles. The molecule has 1 amide bonds. The standard InChI is InChI=1S/C15H20BrNO2/c16-10-14(9-12-5-2-1-3-6-12)17-15(18)13-7-4-8-19-11-13/h1-3,5-6,13-14H,4,7-11H2,(H,17,18). The van der Waals surface area contributed by atoms with Gasteiger partial charge in [-0.15, -0.1) is 0 Å². The normalized spacial score (nSPS) is 20.8. The van der Waals surface area contributed by atoms with Crippen molar-refractivity contribution in [1.29, 1.82) is 0 Å². The lowest BCUT2D eigenvalue weighted by molar-refractivity contribution is -0.129. The molecule has 0 radical (unpaired) electrons. The van der Waals surface area contributed by atoms with Crippen LogP contribution in [0, 0.1) is 5.92 Å². The van der Waals surface area contributed by atoms with Crippen molar-refractivity contribution in [2.45, 2.75) is 25.3 Å². The number of halogens is 1. The van der Waals surface area contributed by atoms with Crippen LogP contribution < -0.4 is 5.32 Å². The summed E-state index contributed by atoms with van der Waals surface area (Å²) in [6, 6.07) is 10.4. The van der Waals surface area contributed by atoms with Crippen LogP contribution >= 0.6 is 15.9 Å². The molecule has 4 heteroatoms. The largest absolute Gasteiger partial charge is 0.381 e. The van der Waals surface area contributed by atoms with Crippen LogP contribution in [-0.2, 0) is 16.0 Å². The van der Waals surface area contributed by atoms with E-state index in [0.717, 1.165) is 31.2 Å². The number of carbonyl (C=O) groups excluding carboxylic acids is 1. The average Bonchev–Trinajstić information content (AvgIpc) is 2.48. The molecule has 1 fully saturated rings. The molecule has 1 N–H and O–H groups in total. The molecule has 2 rings (SSSR count). The summed E-state index contributed by atoms with van der Waals surface area (Å²) in [4.78, 5) is 12.1. The molecular weight excluding hydrogens is 306 g/mol. The third kappa shape index (κ3) is 4.62. The number of nitrogens with one attached hydrogen (secondary N) is 1. The van der Waals surface area contributed by atoms with Gasteiger partial charge >= 0.3 is 0 Å². The van der Waals surface area contributed by atoms with E-state index in [9.17, 15) is 4.79 Å². The second-order valence-electron chi connectivity index (χ2n) is 4.96. The van der Waals surface area contributed by atoms with E-state index in [0.29, 0.717) is 6.61 Å². The quantitative estimate of drug-likeness (QED) is 0.845. The summed E-state index contributed by atoms with van der Waals surface area (Å²) in [5.41, 5.74) is 1.24. The minimum Gasteiger partial charge on any atom is -0.381 e. The van der Waals surface area contributed by atoms with E-state index in [-0.39, 0.29) is 17.9 Å². The highest BCUT2D eigenvalue weighted by molar-refractivity contribution is 9.09. The van der Waals surface area contributed by atoms with E-state index in [4.69, 9.17) is 4.74 Å². The number of amides is 1. The van der Waals surface area contributed by atoms with Crippen molar-refractivity contribution in [2.24, 2.45) is 5.92 Å². The smallest absolute Gasteiger partial charge is 0.225 e. The fourth-order valence-electron chi connectivity index (χ4n) is 2.31. The Morgan fingerprint density at radius 3 is 2.84 bits per heavy atom. The highest BCUT2D eigenvalue weighted by atomic mass is 79.9. The van der Waals surface area contributed by atoms with Crippen LogP contribution in [-0.4, -0.2) is 30.5 Å². The van der Waals surface area contributed by atoms with Crippen molar-refractivity contribution in [3.05, 3.63) is 35.9 Å². The molecule has 1 aliphatic rings. The molecule has 104 valence electrons. The number of hydrogen-bond donors (Lipinski definition) is 1. The minimum absolute atomic E-state index is 0.0195. The average molecular weight is 326 g/mol. The van der Waals surface area contributed by atoms with Gasteiger partial charge in [0, 0.05) is 18.0 Å². The highest BCUT2D eigenvalue weighted by Crippen LogP contribution is 2.14. The maximum absolute atomic E-state index is 12.1. The van der Waals surface area contributed by atoms with Crippen molar-refractivity contribution in [3.63, 3.8) is 0 Å². The molecule has 0 bridgehead atoms. The van der Waals surface area contributed by atoms with Crippen molar-refractivity contribution < 1.29 is 9.53 Å². The molecule has 0 aromatic heterocycles. The zero-order valence-electron chi connectivity index (χ0n) is 11.0. The molecule has 1 saturated heterocycles. The number of carbonyl (C=O) groups is 1. The van der Waals surface area contributed by atoms with Crippen LogP contribution in [0.5, 0.6) is 0 Å². The molecule has 2 unspecified atom stereocenters. The van der Waals surface area contributed by atoms with Gasteiger partial charge in [0.15, 0.2) is 0 Å². The van der Waals surface area contributed by atoms with Gasteiger partial charge in [0.05, 0.1) is 12.5 Å². The zero-order chi connectivity index (χ0) is 13.5. The molecular formula is C15H20BrNO2. The SMILES string of the molecule is O=C(NC(CBr)Cc1ccccc1)C1CCCOC1. The summed E-state index contributed by atoms with van der Waals surface area (Å²) >= 11 is 3.48. The van der Waals surface area contributed by atoms with Gasteiger partial charge in [0.2, 0.25) is 5.91 Å². The summed E-state index contributed by atoms with van der Waals surface area (Å²) in [5, 5.41) is 3.88. The Morgan fingerprint density at radius 2 is 2.21 bits per heavy atom. The van der Waals surface area contributed by atoms with E-state index < -0.39 is 0 Å². The summed E-state index contributed by atoms with van der Waals surface area (Å²) in [6.07, 6.45) is 2.77. The first-order valence-corrected chi connectivity index (χ1v) is 7.89. The van der Waals surface area contributed by atoms with Crippen LogP contribution in [0.2, 0.25) is 0 Å². The summed E-state index contributed by atoms with van der Waals surface area (Å²) in [7, 11) is 0. The number of ether oxygens (including phenoxy) is 1. The molecule has 19 heavy (non-hydrogen) atoms. The van der Waals surface area contributed by atoms with Crippen LogP contribution in [0.25, 0.3) is 0 Å². The maximum Gasteiger partial charge on any atom is 0.225 e. The van der Waals surface area contributed by atoms with Gasteiger partial charge in [0.1, 0.15) is 0 Å². The molecule has 0 spiro atoms. The number of hydrogen-bond acceptors (Lipinski definition) is 2. The lowest BCUT2D eigenvalue weighted by Gasteiger charge is -2.24. The van der Waals surface area contributed by atoms with Gasteiger partial charge in [-0.3, -0.25) is 4.79 Å². The molecule has 0 aliphatic carbocycles. The predicted molar refractivity (Wildman–Crippen MR) is 79.4 cm³/mol. The first-order chi connectivity index (χ1) is 9.29. The van der Waals surface area contributed by atoms with E-state index in [1.165, 1.54) is 5.56 Å². The van der Waals surface area contributed by atoms with Crippen LogP contribution in [0.1, 0.15) is 18.4 Å². The van der Waals surface area contributed by atoms with Gasteiger partial charge in [-0.05, 0) is 24.8 Å². The van der Waals surface area contributed by atoms with Crippen LogP contribution in [0.3, 0.4) is 0 Å². The van der Waals surface area contributed by atoms with E-state index in [2.05, 4.69) is 33.4 Å². The van der Waals surface area contributed by atoms with E-state index in [1.54, 1.807) is 0 Å². The zero-order valence-corrected chi connectivity index (χ0v) is 12.6. The summed E-state index contributed by atoms with van der Waals surface area (Å²) in [5.74, 6) is 0.145. The minimum atomic E-state index is 0.0195. The first-order valence-electron chi connectivity index (χ1n) is 6.77. The monoisotopic (exact) mass is 325 g/mol. The Bertz CT molecular complexity index is 390. The number of benzene rings is 1. The Labute approximate surface area is 122 Å². The summed E-state index contributed by atoms with van der Waals surface area (Å²) < 4.78 is 5.36. The lowest BCUT2D eigenvalue weighted by atomic mass is 10.0. The number of rotatable bonds is 5. The highest BCUT2D eigenvalue weighted by Gasteiger charge is 2.23. The van der Waals surface area contributed by atoms with Crippen molar-refractivity contribution in [1.82, 2.24) is 5.32 Å². The molecule has 1 aromatic carbocycles. The number of alkyl halides is 1. The predicted octanol–water partition coefficient (Wildman–Crippen LogP) is 2.54. The Morgan fingerprint density at radius 1 is 1.42 bits per heavy atom. The van der Waals surface area contributed by atoms with E-state index >= 15 is 0 Å². The van der Waals surface area contributed by atoms with Gasteiger partial charge in [-0.1, -0.05) is 46.3 Å². The Kier molecular flexibility index (Phi) is 5.86. The second-order valence-corrected chi connectivity index (χ2v) is 5.61. The fourth-order valence-corrected chi connectivity index (χ4v) is 2.70. The summed E-state index contributed by atoms with van der Waals surface area (Å²) in [6.45, 7) is 1.35. The second kappa shape index (κ2) is 7.65. The molecule has 2 atom stereocenters. The lowest BCUT2D eigenvalue weighted by Crippen LogP contribution is -2.43. The van der Waals surface area contributed by atoms with E-state index in [1.807, 2.05) is 18.2 Å². The molecule has 1 aromatic rings. The maximum atomic E-state index is 12.1. The molecule has 1 aliphatic heterocycles. The van der Waals surface area contributed by atoms with Gasteiger partial charge in [-0.25, -0.2) is 0 Å². The van der Waals surface area contributed by atoms with Gasteiger partial charge < -0.3 is 10.1 Å². The van der Waals surface area contributed by atoms with Crippen LogP contribution in [0.4, 0.5) is 0 Å². The van der Waals surface area contributed by atoms with Crippen molar-refractivity contribution >= 4 is 21.8 Å².